The predicted octanol–water partition coefficient (Wildman–Crippen LogP) is 1.79. The number of rotatable bonds is 7. The van der Waals surface area contributed by atoms with Gasteiger partial charge in [-0.15, -0.1) is 0 Å². The van der Waals surface area contributed by atoms with Crippen molar-refractivity contribution in [3.63, 3.8) is 0 Å². The Hall–Kier alpha value is -3.72. The number of hydrogen-bond acceptors (Lipinski definition) is 6. The fourth-order valence-electron chi connectivity index (χ4n) is 3.75. The number of H-pyrrole nitrogens is 1. The smallest absolute Gasteiger partial charge is 0.258 e. The molecule has 172 valence electrons. The maximum Gasteiger partial charge on any atom is 0.258 e. The molecule has 2 amide bonds. The Morgan fingerprint density at radius 3 is 2.61 bits per heavy atom. The average Bonchev–Trinajstić information content (AvgIpc) is 2.83. The van der Waals surface area contributed by atoms with Gasteiger partial charge in [-0.3, -0.25) is 14.4 Å². The van der Waals surface area contributed by atoms with E-state index in [1.807, 2.05) is 30.3 Å². The van der Waals surface area contributed by atoms with Crippen molar-refractivity contribution in [2.75, 3.05) is 50.1 Å². The number of fused-ring (bicyclic) bond motifs is 1. The maximum atomic E-state index is 12.5. The number of anilines is 2. The number of hydrogen-bond donors (Lipinski definition) is 2. The van der Waals surface area contributed by atoms with Crippen LogP contribution >= 0.6 is 0 Å². The SMILES string of the molecule is CN(CC(=O)Nc1ccc(N2CCOCC2)cc1)C(=O)CCc1nc2ccccc2c(=O)[nH]1. The number of ether oxygens (including phenoxy) is 1. The molecule has 1 aliphatic rings. The number of benzene rings is 2. The monoisotopic (exact) mass is 449 g/mol. The summed E-state index contributed by atoms with van der Waals surface area (Å²) < 4.78 is 5.37. The minimum atomic E-state index is -0.276. The fourth-order valence-corrected chi connectivity index (χ4v) is 3.75. The molecule has 9 nitrogen and oxygen atoms in total. The summed E-state index contributed by atoms with van der Waals surface area (Å²) in [5, 5.41) is 3.34. The first-order valence-electron chi connectivity index (χ1n) is 10.9. The summed E-state index contributed by atoms with van der Waals surface area (Å²) in [5.74, 6) is -0.0314. The van der Waals surface area contributed by atoms with E-state index in [9.17, 15) is 14.4 Å². The van der Waals surface area contributed by atoms with Gasteiger partial charge in [0.05, 0.1) is 30.7 Å². The van der Waals surface area contributed by atoms with Crippen LogP contribution in [0.1, 0.15) is 12.2 Å². The van der Waals surface area contributed by atoms with Crippen LogP contribution in [0.2, 0.25) is 0 Å². The molecule has 2 heterocycles. The molecule has 1 aliphatic heterocycles. The van der Waals surface area contributed by atoms with Crippen LogP contribution in [0.3, 0.4) is 0 Å². The van der Waals surface area contributed by atoms with Gasteiger partial charge in [0.2, 0.25) is 11.8 Å². The second-order valence-corrected chi connectivity index (χ2v) is 7.97. The molecule has 2 aromatic carbocycles. The Labute approximate surface area is 191 Å². The fraction of sp³-hybridized carbons (Fsp3) is 0.333. The van der Waals surface area contributed by atoms with E-state index in [1.54, 1.807) is 25.2 Å². The van der Waals surface area contributed by atoms with Gasteiger partial charge < -0.3 is 24.8 Å². The van der Waals surface area contributed by atoms with Crippen LogP contribution < -0.4 is 15.8 Å². The number of likely N-dealkylation sites (N-methyl/N-ethyl adjacent to an activating group) is 1. The highest BCUT2D eigenvalue weighted by Crippen LogP contribution is 2.19. The van der Waals surface area contributed by atoms with Crippen LogP contribution in [-0.2, 0) is 20.7 Å². The molecule has 0 atom stereocenters. The zero-order valence-corrected chi connectivity index (χ0v) is 18.5. The van der Waals surface area contributed by atoms with E-state index in [2.05, 4.69) is 20.2 Å². The Kier molecular flexibility index (Phi) is 6.99. The first-order chi connectivity index (χ1) is 16.0. The molecule has 0 bridgehead atoms. The number of nitrogens with zero attached hydrogens (tertiary/aromatic N) is 3. The Morgan fingerprint density at radius 1 is 1.12 bits per heavy atom. The molecule has 0 aliphatic carbocycles. The number of carbonyl (C=O) groups excluding carboxylic acids is 2. The molecule has 4 rings (SSSR count). The van der Waals surface area contributed by atoms with Gasteiger partial charge in [-0.1, -0.05) is 12.1 Å². The van der Waals surface area contributed by atoms with Gasteiger partial charge in [0.1, 0.15) is 5.82 Å². The summed E-state index contributed by atoms with van der Waals surface area (Å²) in [5.41, 5.74) is 2.13. The number of nitrogens with one attached hydrogen (secondary N) is 2. The molecule has 1 saturated heterocycles. The van der Waals surface area contributed by atoms with Crippen molar-refractivity contribution in [1.29, 1.82) is 0 Å². The molecule has 0 spiro atoms. The molecular formula is C24H27N5O4. The second kappa shape index (κ2) is 10.3. The van der Waals surface area contributed by atoms with E-state index < -0.39 is 0 Å². The van der Waals surface area contributed by atoms with Crippen LogP contribution in [0.25, 0.3) is 10.9 Å². The number of aryl methyl sites for hydroxylation is 1. The number of amides is 2. The summed E-state index contributed by atoms with van der Waals surface area (Å²) in [4.78, 5) is 47.8. The Bertz CT molecular complexity index is 1190. The minimum absolute atomic E-state index is 0.0638. The molecule has 0 unspecified atom stereocenters. The van der Waals surface area contributed by atoms with Gasteiger partial charge in [0, 0.05) is 44.4 Å². The summed E-state index contributed by atoms with van der Waals surface area (Å²) in [6, 6.07) is 14.7. The third-order valence-corrected chi connectivity index (χ3v) is 5.57. The Morgan fingerprint density at radius 2 is 1.85 bits per heavy atom. The summed E-state index contributed by atoms with van der Waals surface area (Å²) in [6.07, 6.45) is 0.424. The first kappa shape index (κ1) is 22.5. The number of carbonyl (C=O) groups is 2. The van der Waals surface area contributed by atoms with Gasteiger partial charge in [0.15, 0.2) is 0 Å². The van der Waals surface area contributed by atoms with Crippen molar-refractivity contribution in [3.8, 4) is 0 Å². The van der Waals surface area contributed by atoms with E-state index >= 15 is 0 Å². The van der Waals surface area contributed by atoms with E-state index in [1.165, 1.54) is 4.90 Å². The van der Waals surface area contributed by atoms with E-state index in [-0.39, 0.29) is 36.8 Å². The third kappa shape index (κ3) is 5.75. The lowest BCUT2D eigenvalue weighted by Crippen LogP contribution is -2.36. The summed E-state index contributed by atoms with van der Waals surface area (Å²) >= 11 is 0. The van der Waals surface area contributed by atoms with Gasteiger partial charge >= 0.3 is 0 Å². The lowest BCUT2D eigenvalue weighted by Gasteiger charge is -2.28. The van der Waals surface area contributed by atoms with Crippen LogP contribution in [-0.4, -0.2) is 66.6 Å². The molecule has 1 fully saturated rings. The minimum Gasteiger partial charge on any atom is -0.378 e. The average molecular weight is 450 g/mol. The third-order valence-electron chi connectivity index (χ3n) is 5.57. The Balaban J connectivity index is 1.27. The number of morpholine rings is 1. The molecule has 2 N–H and O–H groups in total. The van der Waals surface area contributed by atoms with Gasteiger partial charge in [-0.25, -0.2) is 4.98 Å². The quantitative estimate of drug-likeness (QED) is 0.570. The first-order valence-corrected chi connectivity index (χ1v) is 10.9. The highest BCUT2D eigenvalue weighted by molar-refractivity contribution is 5.94. The molecular weight excluding hydrogens is 422 g/mol. The number of aromatic nitrogens is 2. The molecule has 9 heteroatoms. The zero-order chi connectivity index (χ0) is 23.2. The van der Waals surface area contributed by atoms with Crippen molar-refractivity contribution in [2.24, 2.45) is 0 Å². The van der Waals surface area contributed by atoms with E-state index in [0.717, 1.165) is 18.8 Å². The largest absolute Gasteiger partial charge is 0.378 e. The number of aromatic amines is 1. The van der Waals surface area contributed by atoms with Crippen molar-refractivity contribution in [2.45, 2.75) is 12.8 Å². The van der Waals surface area contributed by atoms with Crippen LogP contribution in [0.15, 0.2) is 53.3 Å². The van der Waals surface area contributed by atoms with Crippen LogP contribution in [0, 0.1) is 0 Å². The number of para-hydroxylation sites is 1. The maximum absolute atomic E-state index is 12.5. The lowest BCUT2D eigenvalue weighted by molar-refractivity contribution is -0.133. The van der Waals surface area contributed by atoms with Crippen molar-refractivity contribution in [1.82, 2.24) is 14.9 Å². The van der Waals surface area contributed by atoms with Crippen LogP contribution in [0.4, 0.5) is 11.4 Å². The van der Waals surface area contributed by atoms with E-state index in [0.29, 0.717) is 35.6 Å². The predicted molar refractivity (Wildman–Crippen MR) is 126 cm³/mol. The molecule has 3 aromatic rings. The zero-order valence-electron chi connectivity index (χ0n) is 18.5. The van der Waals surface area contributed by atoms with Crippen LogP contribution in [0.5, 0.6) is 0 Å². The molecule has 0 saturated carbocycles. The second-order valence-electron chi connectivity index (χ2n) is 7.97. The molecule has 33 heavy (non-hydrogen) atoms. The normalized spacial score (nSPS) is 13.7. The lowest BCUT2D eigenvalue weighted by atomic mass is 10.2. The van der Waals surface area contributed by atoms with E-state index in [4.69, 9.17) is 4.74 Å². The standard InChI is InChI=1S/C24H27N5O4/c1-28(23(31)11-10-21-26-20-5-3-2-4-19(20)24(32)27-21)16-22(30)25-17-6-8-18(9-7-17)29-12-14-33-15-13-29/h2-9H,10-16H2,1H3,(H,25,30)(H,26,27,32). The van der Waals surface area contributed by atoms with Gasteiger partial charge in [0.25, 0.3) is 5.56 Å². The van der Waals surface area contributed by atoms with Gasteiger partial charge in [-0.2, -0.15) is 0 Å². The van der Waals surface area contributed by atoms with Crippen molar-refractivity contribution < 1.29 is 14.3 Å². The van der Waals surface area contributed by atoms with Crippen molar-refractivity contribution >= 4 is 34.1 Å². The highest BCUT2D eigenvalue weighted by Gasteiger charge is 2.15. The summed E-state index contributed by atoms with van der Waals surface area (Å²) in [7, 11) is 1.58. The molecule has 0 radical (unpaired) electrons. The highest BCUT2D eigenvalue weighted by atomic mass is 16.5. The van der Waals surface area contributed by atoms with Crippen molar-refractivity contribution in [3.05, 3.63) is 64.7 Å². The summed E-state index contributed by atoms with van der Waals surface area (Å²) in [6.45, 7) is 3.06. The molecule has 1 aromatic heterocycles. The van der Waals surface area contributed by atoms with Gasteiger partial charge in [-0.05, 0) is 36.4 Å². The topological polar surface area (TPSA) is 108 Å².